The lowest BCUT2D eigenvalue weighted by Crippen LogP contribution is -2.19. The summed E-state index contributed by atoms with van der Waals surface area (Å²) in [5.41, 5.74) is 0.547. The quantitative estimate of drug-likeness (QED) is 0.674. The molecule has 0 unspecified atom stereocenters. The van der Waals surface area contributed by atoms with Crippen molar-refractivity contribution in [1.82, 2.24) is 4.57 Å². The zero-order chi connectivity index (χ0) is 9.26. The van der Waals surface area contributed by atoms with Crippen LogP contribution in [-0.4, -0.2) is 4.57 Å². The van der Waals surface area contributed by atoms with Crippen molar-refractivity contribution >= 4 is 0 Å². The minimum atomic E-state index is -0.00843. The Kier molecular flexibility index (Phi) is 1.90. The largest absolute Gasteiger partial charge is 0.314 e. The number of hydrogen-bond acceptors (Lipinski definition) is 2. The molecule has 0 bridgehead atoms. The van der Waals surface area contributed by atoms with E-state index in [1.54, 1.807) is 16.8 Å². The standard InChI is InChI=1S/C10H10N2O/c11-5-9-3-4-10(13)12(7-9)6-8-1-2-8/h3-4,7-8H,1-2,6H2. The summed E-state index contributed by atoms with van der Waals surface area (Å²) in [6.07, 6.45) is 4.06. The number of nitriles is 1. The van der Waals surface area contributed by atoms with E-state index in [4.69, 9.17) is 5.26 Å². The van der Waals surface area contributed by atoms with Crippen LogP contribution >= 0.6 is 0 Å². The molecule has 0 aromatic carbocycles. The fourth-order valence-corrected chi connectivity index (χ4v) is 1.32. The first-order valence-electron chi connectivity index (χ1n) is 4.40. The first-order valence-corrected chi connectivity index (χ1v) is 4.40. The van der Waals surface area contributed by atoms with E-state index in [0.29, 0.717) is 11.5 Å². The van der Waals surface area contributed by atoms with Gasteiger partial charge in [0.05, 0.1) is 5.56 Å². The van der Waals surface area contributed by atoms with Crippen LogP contribution in [0.3, 0.4) is 0 Å². The van der Waals surface area contributed by atoms with Gasteiger partial charge in [-0.2, -0.15) is 5.26 Å². The van der Waals surface area contributed by atoms with Gasteiger partial charge in [-0.15, -0.1) is 0 Å². The van der Waals surface area contributed by atoms with Gasteiger partial charge in [-0.1, -0.05) is 0 Å². The highest BCUT2D eigenvalue weighted by molar-refractivity contribution is 5.24. The van der Waals surface area contributed by atoms with Gasteiger partial charge >= 0.3 is 0 Å². The van der Waals surface area contributed by atoms with Gasteiger partial charge in [0.25, 0.3) is 5.56 Å². The van der Waals surface area contributed by atoms with Crippen LogP contribution in [-0.2, 0) is 6.54 Å². The van der Waals surface area contributed by atoms with Crippen molar-refractivity contribution in [2.45, 2.75) is 19.4 Å². The number of pyridine rings is 1. The summed E-state index contributed by atoms with van der Waals surface area (Å²) in [6.45, 7) is 0.772. The number of rotatable bonds is 2. The average Bonchev–Trinajstić information content (AvgIpc) is 2.93. The third-order valence-corrected chi connectivity index (χ3v) is 2.26. The summed E-state index contributed by atoms with van der Waals surface area (Å²) in [7, 11) is 0. The van der Waals surface area contributed by atoms with Gasteiger partial charge in [0, 0.05) is 18.8 Å². The molecule has 1 aliphatic carbocycles. The summed E-state index contributed by atoms with van der Waals surface area (Å²) in [6, 6.07) is 5.05. The van der Waals surface area contributed by atoms with Gasteiger partial charge in [-0.25, -0.2) is 0 Å². The normalized spacial score (nSPS) is 15.3. The van der Waals surface area contributed by atoms with Crippen LogP contribution in [0.5, 0.6) is 0 Å². The zero-order valence-corrected chi connectivity index (χ0v) is 7.23. The molecule has 66 valence electrons. The third-order valence-electron chi connectivity index (χ3n) is 2.26. The molecular weight excluding hydrogens is 164 g/mol. The van der Waals surface area contributed by atoms with Crippen LogP contribution in [0.25, 0.3) is 0 Å². The smallest absolute Gasteiger partial charge is 0.250 e. The molecule has 0 atom stereocenters. The molecule has 0 saturated heterocycles. The summed E-state index contributed by atoms with van der Waals surface area (Å²) >= 11 is 0. The van der Waals surface area contributed by atoms with E-state index in [1.807, 2.05) is 6.07 Å². The van der Waals surface area contributed by atoms with Gasteiger partial charge in [0.1, 0.15) is 6.07 Å². The predicted molar refractivity (Wildman–Crippen MR) is 48.1 cm³/mol. The van der Waals surface area contributed by atoms with Crippen molar-refractivity contribution in [2.75, 3.05) is 0 Å². The van der Waals surface area contributed by atoms with E-state index < -0.39 is 0 Å². The zero-order valence-electron chi connectivity index (χ0n) is 7.23. The van der Waals surface area contributed by atoms with Gasteiger partial charge in [-0.3, -0.25) is 4.79 Å². The van der Waals surface area contributed by atoms with E-state index in [9.17, 15) is 4.79 Å². The first kappa shape index (κ1) is 8.06. The van der Waals surface area contributed by atoms with Gasteiger partial charge in [0.2, 0.25) is 0 Å². The molecule has 1 aromatic heterocycles. The highest BCUT2D eigenvalue weighted by Gasteiger charge is 2.21. The highest BCUT2D eigenvalue weighted by atomic mass is 16.1. The number of nitrogens with zero attached hydrogens (tertiary/aromatic N) is 2. The molecule has 1 aromatic rings. The molecule has 0 radical (unpaired) electrons. The van der Waals surface area contributed by atoms with Crippen LogP contribution in [0, 0.1) is 17.2 Å². The lowest BCUT2D eigenvalue weighted by Gasteiger charge is -2.02. The maximum absolute atomic E-state index is 11.3. The summed E-state index contributed by atoms with van der Waals surface area (Å²) in [5, 5.41) is 8.64. The number of hydrogen-bond donors (Lipinski definition) is 0. The molecule has 0 spiro atoms. The fraction of sp³-hybridized carbons (Fsp3) is 0.400. The Morgan fingerprint density at radius 3 is 2.92 bits per heavy atom. The van der Waals surface area contributed by atoms with E-state index in [-0.39, 0.29) is 5.56 Å². The van der Waals surface area contributed by atoms with E-state index >= 15 is 0 Å². The SMILES string of the molecule is N#Cc1ccc(=O)n(CC2CC2)c1. The molecule has 0 N–H and O–H groups in total. The molecular formula is C10H10N2O. The maximum atomic E-state index is 11.3. The van der Waals surface area contributed by atoms with Crippen LogP contribution in [0.4, 0.5) is 0 Å². The van der Waals surface area contributed by atoms with Gasteiger partial charge in [0.15, 0.2) is 0 Å². The summed E-state index contributed by atoms with van der Waals surface area (Å²) in [4.78, 5) is 11.3. The highest BCUT2D eigenvalue weighted by Crippen LogP contribution is 2.29. The topological polar surface area (TPSA) is 45.8 Å². The summed E-state index contributed by atoms with van der Waals surface area (Å²) in [5.74, 6) is 0.659. The Balaban J connectivity index is 2.31. The van der Waals surface area contributed by atoms with Crippen LogP contribution < -0.4 is 5.56 Å². The second kappa shape index (κ2) is 3.06. The van der Waals surface area contributed by atoms with Crippen molar-refractivity contribution < 1.29 is 0 Å². The van der Waals surface area contributed by atoms with E-state index in [0.717, 1.165) is 6.54 Å². The van der Waals surface area contributed by atoms with Crippen LogP contribution in [0.1, 0.15) is 18.4 Å². The monoisotopic (exact) mass is 174 g/mol. The van der Waals surface area contributed by atoms with Crippen molar-refractivity contribution in [2.24, 2.45) is 5.92 Å². The summed E-state index contributed by atoms with van der Waals surface area (Å²) < 4.78 is 1.64. The second-order valence-corrected chi connectivity index (χ2v) is 3.46. The molecule has 1 aliphatic rings. The van der Waals surface area contributed by atoms with Crippen LogP contribution in [0.15, 0.2) is 23.1 Å². The molecule has 0 amide bonds. The van der Waals surface area contributed by atoms with E-state index in [2.05, 4.69) is 0 Å². The molecule has 1 saturated carbocycles. The molecule has 3 heteroatoms. The molecule has 13 heavy (non-hydrogen) atoms. The fourth-order valence-electron chi connectivity index (χ4n) is 1.32. The van der Waals surface area contributed by atoms with E-state index in [1.165, 1.54) is 18.9 Å². The Morgan fingerprint density at radius 2 is 2.31 bits per heavy atom. The van der Waals surface area contributed by atoms with Gasteiger partial charge < -0.3 is 4.57 Å². The Hall–Kier alpha value is -1.56. The second-order valence-electron chi connectivity index (χ2n) is 3.46. The maximum Gasteiger partial charge on any atom is 0.250 e. The Labute approximate surface area is 76.2 Å². The number of aromatic nitrogens is 1. The lowest BCUT2D eigenvalue weighted by molar-refractivity contribution is 0.606. The minimum Gasteiger partial charge on any atom is -0.314 e. The van der Waals surface area contributed by atoms with Crippen molar-refractivity contribution in [3.63, 3.8) is 0 Å². The minimum absolute atomic E-state index is 0.00843. The molecule has 1 fully saturated rings. The predicted octanol–water partition coefficient (Wildman–Crippen LogP) is 1.13. The Morgan fingerprint density at radius 1 is 1.54 bits per heavy atom. The Bertz CT molecular complexity index is 410. The first-order chi connectivity index (χ1) is 6.29. The van der Waals surface area contributed by atoms with Crippen LogP contribution in [0.2, 0.25) is 0 Å². The van der Waals surface area contributed by atoms with Gasteiger partial charge in [-0.05, 0) is 24.8 Å². The lowest BCUT2D eigenvalue weighted by atomic mass is 10.3. The molecule has 1 heterocycles. The van der Waals surface area contributed by atoms with Crippen molar-refractivity contribution in [1.29, 1.82) is 5.26 Å². The van der Waals surface area contributed by atoms with Crippen molar-refractivity contribution in [3.05, 3.63) is 34.2 Å². The molecule has 2 rings (SSSR count). The molecule has 0 aliphatic heterocycles. The average molecular weight is 174 g/mol. The molecule has 3 nitrogen and oxygen atoms in total. The third kappa shape index (κ3) is 1.78. The van der Waals surface area contributed by atoms with Crippen molar-refractivity contribution in [3.8, 4) is 6.07 Å².